The summed E-state index contributed by atoms with van der Waals surface area (Å²) in [7, 11) is 1.96. The van der Waals surface area contributed by atoms with Gasteiger partial charge in [0.05, 0.1) is 11.8 Å². The molecular weight excluding hydrogens is 292 g/mol. The zero-order valence-corrected chi connectivity index (χ0v) is 13.9. The molecule has 1 spiro atoms. The van der Waals surface area contributed by atoms with Gasteiger partial charge in [-0.15, -0.1) is 0 Å². The molecule has 4 rings (SSSR count). The number of aryl methyl sites for hydroxylation is 1. The number of ether oxygens (including phenoxy) is 1. The molecule has 4 heterocycles. The maximum absolute atomic E-state index is 12.1. The average molecular weight is 318 g/mol. The molecule has 2 atom stereocenters. The highest BCUT2D eigenvalue weighted by molar-refractivity contribution is 5.78. The number of likely N-dealkylation sites (tertiary alicyclic amines) is 2. The van der Waals surface area contributed by atoms with Gasteiger partial charge in [-0.3, -0.25) is 14.4 Å². The maximum Gasteiger partial charge on any atom is 0.222 e. The smallest absolute Gasteiger partial charge is 0.222 e. The minimum atomic E-state index is -0.0476. The Morgan fingerprint density at radius 3 is 3.09 bits per heavy atom. The predicted octanol–water partition coefficient (Wildman–Crippen LogP) is 1.17. The Balaban J connectivity index is 1.39. The molecule has 23 heavy (non-hydrogen) atoms. The molecule has 3 aliphatic heterocycles. The molecule has 3 aliphatic rings. The van der Waals surface area contributed by atoms with Gasteiger partial charge >= 0.3 is 0 Å². The summed E-state index contributed by atoms with van der Waals surface area (Å²) < 4.78 is 8.08. The van der Waals surface area contributed by atoms with Crippen LogP contribution in [0.1, 0.15) is 37.7 Å². The van der Waals surface area contributed by atoms with Crippen molar-refractivity contribution in [2.24, 2.45) is 7.05 Å². The number of hydrogen-bond donors (Lipinski definition) is 0. The normalized spacial score (nSPS) is 32.3. The number of amides is 1. The zero-order chi connectivity index (χ0) is 15.9. The molecule has 0 radical (unpaired) electrons. The highest BCUT2D eigenvalue weighted by atomic mass is 16.5. The number of nitrogens with zero attached hydrogens (tertiary/aromatic N) is 4. The van der Waals surface area contributed by atoms with Crippen molar-refractivity contribution in [1.82, 2.24) is 19.6 Å². The largest absolute Gasteiger partial charge is 0.373 e. The van der Waals surface area contributed by atoms with Gasteiger partial charge in [-0.1, -0.05) is 0 Å². The van der Waals surface area contributed by atoms with E-state index in [1.54, 1.807) is 0 Å². The third-order valence-corrected chi connectivity index (χ3v) is 5.58. The Kier molecular flexibility index (Phi) is 3.89. The lowest BCUT2D eigenvalue weighted by atomic mass is 9.89. The van der Waals surface area contributed by atoms with Crippen molar-refractivity contribution in [2.45, 2.75) is 50.3 Å². The monoisotopic (exact) mass is 318 g/mol. The van der Waals surface area contributed by atoms with E-state index < -0.39 is 0 Å². The molecule has 6 nitrogen and oxygen atoms in total. The molecule has 0 bridgehead atoms. The fourth-order valence-corrected chi connectivity index (χ4v) is 4.48. The Hall–Kier alpha value is -1.40. The Bertz CT molecular complexity index is 587. The summed E-state index contributed by atoms with van der Waals surface area (Å²) in [5.41, 5.74) is 1.21. The van der Waals surface area contributed by atoms with Gasteiger partial charge in [0, 0.05) is 64.1 Å². The second-order valence-electron chi connectivity index (χ2n) is 7.35. The molecule has 3 saturated heterocycles. The summed E-state index contributed by atoms with van der Waals surface area (Å²) in [6.45, 7) is 4.70. The van der Waals surface area contributed by atoms with E-state index in [1.165, 1.54) is 5.56 Å². The van der Waals surface area contributed by atoms with E-state index in [4.69, 9.17) is 4.74 Å². The van der Waals surface area contributed by atoms with Gasteiger partial charge in [0.15, 0.2) is 0 Å². The highest BCUT2D eigenvalue weighted by Crippen LogP contribution is 2.37. The van der Waals surface area contributed by atoms with Crippen LogP contribution in [-0.4, -0.2) is 63.4 Å². The lowest BCUT2D eigenvalue weighted by Gasteiger charge is -2.41. The van der Waals surface area contributed by atoms with Crippen LogP contribution in [0, 0.1) is 0 Å². The molecule has 1 aromatic rings. The molecular formula is C17H26N4O2. The van der Waals surface area contributed by atoms with Crippen LogP contribution in [0.5, 0.6) is 0 Å². The number of rotatable bonds is 3. The van der Waals surface area contributed by atoms with E-state index in [9.17, 15) is 4.79 Å². The average Bonchev–Trinajstić information content (AvgIpc) is 3.22. The first-order valence-electron chi connectivity index (χ1n) is 8.77. The second kappa shape index (κ2) is 5.91. The van der Waals surface area contributed by atoms with Gasteiger partial charge in [-0.05, 0) is 25.7 Å². The molecule has 6 heteroatoms. The highest BCUT2D eigenvalue weighted by Gasteiger charge is 2.45. The molecule has 0 N–H and O–H groups in total. The van der Waals surface area contributed by atoms with Crippen LogP contribution in [0.15, 0.2) is 12.4 Å². The molecule has 1 amide bonds. The van der Waals surface area contributed by atoms with Crippen LogP contribution in [0.25, 0.3) is 0 Å². The Labute approximate surface area is 137 Å². The van der Waals surface area contributed by atoms with Crippen LogP contribution >= 0.6 is 0 Å². The van der Waals surface area contributed by atoms with Gasteiger partial charge in [-0.2, -0.15) is 5.10 Å². The molecule has 0 aromatic carbocycles. The molecule has 0 aliphatic carbocycles. The Morgan fingerprint density at radius 1 is 1.43 bits per heavy atom. The van der Waals surface area contributed by atoms with E-state index in [0.717, 1.165) is 64.9 Å². The minimum absolute atomic E-state index is 0.0476. The number of aromatic nitrogens is 2. The fourth-order valence-electron chi connectivity index (χ4n) is 4.48. The van der Waals surface area contributed by atoms with E-state index in [0.29, 0.717) is 11.9 Å². The zero-order valence-electron chi connectivity index (χ0n) is 13.9. The summed E-state index contributed by atoms with van der Waals surface area (Å²) in [4.78, 5) is 16.6. The van der Waals surface area contributed by atoms with Crippen LogP contribution in [0.2, 0.25) is 0 Å². The van der Waals surface area contributed by atoms with Crippen LogP contribution < -0.4 is 0 Å². The van der Waals surface area contributed by atoms with Crippen molar-refractivity contribution < 1.29 is 9.53 Å². The molecule has 1 aromatic heterocycles. The van der Waals surface area contributed by atoms with Crippen molar-refractivity contribution in [3.8, 4) is 0 Å². The van der Waals surface area contributed by atoms with Crippen molar-refractivity contribution in [2.75, 3.05) is 26.2 Å². The molecule has 0 unspecified atom stereocenters. The minimum Gasteiger partial charge on any atom is -0.373 e. The fraction of sp³-hybridized carbons (Fsp3) is 0.765. The number of carbonyl (C=O) groups is 1. The lowest BCUT2D eigenvalue weighted by Crippen LogP contribution is -2.50. The SMILES string of the molecule is Cn1cc(CN2CC[C@]3(C[C@H](N4CCCC4=O)CCO3)C2)cn1. The maximum atomic E-state index is 12.1. The van der Waals surface area contributed by atoms with Gasteiger partial charge in [0.2, 0.25) is 5.91 Å². The quantitative estimate of drug-likeness (QED) is 0.839. The summed E-state index contributed by atoms with van der Waals surface area (Å²) >= 11 is 0. The van der Waals surface area contributed by atoms with E-state index in [-0.39, 0.29) is 5.60 Å². The van der Waals surface area contributed by atoms with Gasteiger partial charge in [0.1, 0.15) is 0 Å². The van der Waals surface area contributed by atoms with Crippen molar-refractivity contribution in [3.05, 3.63) is 18.0 Å². The van der Waals surface area contributed by atoms with Crippen LogP contribution in [-0.2, 0) is 23.1 Å². The van der Waals surface area contributed by atoms with Crippen molar-refractivity contribution in [3.63, 3.8) is 0 Å². The number of carbonyl (C=O) groups excluding carboxylic acids is 1. The summed E-state index contributed by atoms with van der Waals surface area (Å²) in [6.07, 6.45) is 8.86. The van der Waals surface area contributed by atoms with Gasteiger partial charge in [0.25, 0.3) is 0 Å². The van der Waals surface area contributed by atoms with E-state index in [2.05, 4.69) is 21.1 Å². The topological polar surface area (TPSA) is 50.6 Å². The second-order valence-corrected chi connectivity index (χ2v) is 7.35. The third-order valence-electron chi connectivity index (χ3n) is 5.58. The third kappa shape index (κ3) is 3.02. The van der Waals surface area contributed by atoms with Crippen molar-refractivity contribution >= 4 is 5.91 Å². The standard InChI is InChI=1S/C17H26N4O2/c1-19-11-14(10-18-19)12-20-7-5-17(13-20)9-15(4-8-23-17)21-6-2-3-16(21)22/h10-11,15H,2-9,12-13H2,1H3/t15-,17+/m1/s1. The summed E-state index contributed by atoms with van der Waals surface area (Å²) in [5.74, 6) is 0.345. The molecule has 0 saturated carbocycles. The summed E-state index contributed by atoms with van der Waals surface area (Å²) in [6, 6.07) is 0.386. The van der Waals surface area contributed by atoms with Crippen LogP contribution in [0.4, 0.5) is 0 Å². The molecule has 3 fully saturated rings. The number of hydrogen-bond acceptors (Lipinski definition) is 4. The van der Waals surface area contributed by atoms with E-state index >= 15 is 0 Å². The molecule has 126 valence electrons. The first kappa shape index (κ1) is 15.1. The van der Waals surface area contributed by atoms with Crippen molar-refractivity contribution in [1.29, 1.82) is 0 Å². The van der Waals surface area contributed by atoms with E-state index in [1.807, 2.05) is 17.9 Å². The van der Waals surface area contributed by atoms with Crippen LogP contribution in [0.3, 0.4) is 0 Å². The summed E-state index contributed by atoms with van der Waals surface area (Å²) in [5, 5.41) is 4.25. The van der Waals surface area contributed by atoms with Gasteiger partial charge < -0.3 is 9.64 Å². The Morgan fingerprint density at radius 2 is 2.35 bits per heavy atom. The first-order chi connectivity index (χ1) is 11.1. The predicted molar refractivity (Wildman–Crippen MR) is 85.8 cm³/mol. The first-order valence-corrected chi connectivity index (χ1v) is 8.77. The lowest BCUT2D eigenvalue weighted by molar-refractivity contribution is -0.137. The van der Waals surface area contributed by atoms with Gasteiger partial charge in [-0.25, -0.2) is 0 Å².